The molecule has 0 fully saturated rings. The SMILES string of the molecule is Cc1cc(NC(=O)Nc2sc(C(C)(C)C)cc2C=O)cc(C)n1. The molecule has 0 atom stereocenters. The fraction of sp³-hybridized carbons (Fsp3) is 0.353. The van der Waals surface area contributed by atoms with Crippen LogP contribution in [0.4, 0.5) is 15.5 Å². The molecule has 0 saturated carbocycles. The minimum Gasteiger partial charge on any atom is -0.308 e. The smallest absolute Gasteiger partial charge is 0.308 e. The molecule has 2 aromatic rings. The van der Waals surface area contributed by atoms with Crippen LogP contribution in [0.15, 0.2) is 18.2 Å². The molecule has 2 amide bonds. The molecule has 0 spiro atoms. The van der Waals surface area contributed by atoms with Gasteiger partial charge in [0, 0.05) is 27.5 Å². The van der Waals surface area contributed by atoms with E-state index < -0.39 is 0 Å². The van der Waals surface area contributed by atoms with Crippen molar-refractivity contribution in [3.05, 3.63) is 40.0 Å². The van der Waals surface area contributed by atoms with Crippen LogP contribution in [-0.4, -0.2) is 17.3 Å². The van der Waals surface area contributed by atoms with Gasteiger partial charge in [-0.15, -0.1) is 11.3 Å². The molecule has 2 N–H and O–H groups in total. The first-order valence-electron chi connectivity index (χ1n) is 7.32. The van der Waals surface area contributed by atoms with Crippen molar-refractivity contribution in [1.29, 1.82) is 0 Å². The van der Waals surface area contributed by atoms with E-state index in [4.69, 9.17) is 0 Å². The van der Waals surface area contributed by atoms with E-state index in [1.165, 1.54) is 11.3 Å². The van der Waals surface area contributed by atoms with Crippen molar-refractivity contribution in [1.82, 2.24) is 4.98 Å². The van der Waals surface area contributed by atoms with Crippen LogP contribution in [0, 0.1) is 13.8 Å². The molecular formula is C17H21N3O2S. The number of hydrogen-bond acceptors (Lipinski definition) is 4. The standard InChI is InChI=1S/C17H21N3O2S/c1-10-6-13(7-11(2)18-10)19-16(22)20-15-12(9-21)8-14(23-15)17(3,4)5/h6-9H,1-5H3,(H2,18,19,20,22). The maximum Gasteiger partial charge on any atom is 0.324 e. The zero-order valence-corrected chi connectivity index (χ0v) is 14.8. The van der Waals surface area contributed by atoms with Gasteiger partial charge in [-0.2, -0.15) is 0 Å². The van der Waals surface area contributed by atoms with E-state index in [-0.39, 0.29) is 11.4 Å². The van der Waals surface area contributed by atoms with E-state index in [1.807, 2.05) is 19.9 Å². The number of aromatic nitrogens is 1. The van der Waals surface area contributed by atoms with Gasteiger partial charge in [0.05, 0.1) is 0 Å². The van der Waals surface area contributed by atoms with E-state index in [0.29, 0.717) is 16.3 Å². The van der Waals surface area contributed by atoms with Gasteiger partial charge in [-0.3, -0.25) is 15.1 Å². The number of aldehydes is 1. The Morgan fingerprint density at radius 3 is 2.26 bits per heavy atom. The van der Waals surface area contributed by atoms with Crippen LogP contribution in [0.1, 0.15) is 47.4 Å². The van der Waals surface area contributed by atoms with E-state index in [1.54, 1.807) is 12.1 Å². The van der Waals surface area contributed by atoms with Crippen molar-refractivity contribution >= 4 is 34.3 Å². The second-order valence-corrected chi connectivity index (χ2v) is 7.53. The van der Waals surface area contributed by atoms with Gasteiger partial charge in [0.1, 0.15) is 5.00 Å². The Hall–Kier alpha value is -2.21. The lowest BCUT2D eigenvalue weighted by Gasteiger charge is -2.15. The summed E-state index contributed by atoms with van der Waals surface area (Å²) in [6.45, 7) is 9.95. The number of thiophene rings is 1. The number of nitrogens with one attached hydrogen (secondary N) is 2. The predicted octanol–water partition coefficient (Wildman–Crippen LogP) is 4.51. The van der Waals surface area contributed by atoms with Gasteiger partial charge in [0.25, 0.3) is 0 Å². The maximum atomic E-state index is 12.2. The Morgan fingerprint density at radius 1 is 1.13 bits per heavy atom. The highest BCUT2D eigenvalue weighted by atomic mass is 32.1. The molecule has 0 aliphatic heterocycles. The first-order chi connectivity index (χ1) is 10.7. The Labute approximate surface area is 140 Å². The van der Waals surface area contributed by atoms with Crippen LogP contribution in [0.25, 0.3) is 0 Å². The van der Waals surface area contributed by atoms with Crippen LogP contribution < -0.4 is 10.6 Å². The highest BCUT2D eigenvalue weighted by Gasteiger charge is 2.20. The predicted molar refractivity (Wildman–Crippen MR) is 94.8 cm³/mol. The lowest BCUT2D eigenvalue weighted by atomic mass is 9.94. The third-order valence-electron chi connectivity index (χ3n) is 3.19. The number of carbonyl (C=O) groups excluding carboxylic acids is 2. The molecule has 6 heteroatoms. The molecule has 122 valence electrons. The quantitative estimate of drug-likeness (QED) is 0.813. The summed E-state index contributed by atoms with van der Waals surface area (Å²) in [4.78, 5) is 28.7. The number of carbonyl (C=O) groups is 2. The molecule has 2 rings (SSSR count). The minimum atomic E-state index is -0.375. The van der Waals surface area contributed by atoms with Gasteiger partial charge in [0.15, 0.2) is 6.29 Å². The van der Waals surface area contributed by atoms with Gasteiger partial charge < -0.3 is 5.32 Å². The summed E-state index contributed by atoms with van der Waals surface area (Å²) in [6.07, 6.45) is 0.766. The van der Waals surface area contributed by atoms with Crippen LogP contribution in [0.2, 0.25) is 0 Å². The van der Waals surface area contributed by atoms with Crippen molar-refractivity contribution in [3.8, 4) is 0 Å². The van der Waals surface area contributed by atoms with Gasteiger partial charge in [-0.1, -0.05) is 20.8 Å². The van der Waals surface area contributed by atoms with Crippen molar-refractivity contribution in [2.45, 2.75) is 40.0 Å². The summed E-state index contributed by atoms with van der Waals surface area (Å²) in [5.74, 6) is 0. The minimum absolute atomic E-state index is 0.0713. The van der Waals surface area contributed by atoms with E-state index in [9.17, 15) is 9.59 Å². The zero-order chi connectivity index (χ0) is 17.2. The van der Waals surface area contributed by atoms with Crippen molar-refractivity contribution < 1.29 is 9.59 Å². The molecule has 2 heterocycles. The van der Waals surface area contributed by atoms with Crippen LogP contribution in [0.5, 0.6) is 0 Å². The summed E-state index contributed by atoms with van der Waals surface area (Å²) in [7, 11) is 0. The molecule has 0 aromatic carbocycles. The molecule has 5 nitrogen and oxygen atoms in total. The second-order valence-electron chi connectivity index (χ2n) is 6.48. The Bertz CT molecular complexity index is 725. The number of nitrogens with zero attached hydrogens (tertiary/aromatic N) is 1. The number of aryl methyl sites for hydroxylation is 2. The number of urea groups is 1. The van der Waals surface area contributed by atoms with Gasteiger partial charge in [0.2, 0.25) is 0 Å². The molecule has 2 aromatic heterocycles. The lowest BCUT2D eigenvalue weighted by molar-refractivity contribution is 0.112. The second kappa shape index (κ2) is 6.50. The summed E-state index contributed by atoms with van der Waals surface area (Å²) in [5, 5.41) is 6.09. The number of anilines is 2. The van der Waals surface area contributed by atoms with Crippen molar-refractivity contribution in [3.63, 3.8) is 0 Å². The summed E-state index contributed by atoms with van der Waals surface area (Å²) >= 11 is 1.42. The van der Waals surface area contributed by atoms with Crippen molar-refractivity contribution in [2.24, 2.45) is 0 Å². The molecule has 0 radical (unpaired) electrons. The number of hydrogen-bond donors (Lipinski definition) is 2. The average Bonchev–Trinajstić information content (AvgIpc) is 2.80. The third-order valence-corrected chi connectivity index (χ3v) is 4.69. The monoisotopic (exact) mass is 331 g/mol. The molecule has 0 aliphatic carbocycles. The Morgan fingerprint density at radius 2 is 1.74 bits per heavy atom. The summed E-state index contributed by atoms with van der Waals surface area (Å²) < 4.78 is 0. The van der Waals surface area contributed by atoms with Crippen LogP contribution in [-0.2, 0) is 5.41 Å². The lowest BCUT2D eigenvalue weighted by Crippen LogP contribution is -2.19. The fourth-order valence-corrected chi connectivity index (χ4v) is 3.21. The molecular weight excluding hydrogens is 310 g/mol. The third kappa shape index (κ3) is 4.39. The fourth-order valence-electron chi connectivity index (χ4n) is 2.13. The summed E-state index contributed by atoms with van der Waals surface area (Å²) in [6, 6.07) is 5.04. The molecule has 23 heavy (non-hydrogen) atoms. The van der Waals surface area contributed by atoms with Gasteiger partial charge in [-0.05, 0) is 37.5 Å². The summed E-state index contributed by atoms with van der Waals surface area (Å²) in [5.41, 5.74) is 2.77. The zero-order valence-electron chi connectivity index (χ0n) is 14.0. The highest BCUT2D eigenvalue weighted by Crippen LogP contribution is 2.35. The molecule has 0 saturated heterocycles. The Kier molecular flexibility index (Phi) is 4.85. The number of amides is 2. The first-order valence-corrected chi connectivity index (χ1v) is 8.13. The molecule has 0 aliphatic rings. The van der Waals surface area contributed by atoms with Gasteiger partial charge in [-0.25, -0.2) is 4.79 Å². The first kappa shape index (κ1) is 17.1. The molecule has 0 bridgehead atoms. The topological polar surface area (TPSA) is 71.1 Å². The van der Waals surface area contributed by atoms with Crippen LogP contribution in [0.3, 0.4) is 0 Å². The van der Waals surface area contributed by atoms with E-state index in [0.717, 1.165) is 22.6 Å². The normalized spacial score (nSPS) is 11.2. The van der Waals surface area contributed by atoms with E-state index in [2.05, 4.69) is 36.4 Å². The maximum absolute atomic E-state index is 12.2. The van der Waals surface area contributed by atoms with E-state index >= 15 is 0 Å². The number of pyridine rings is 1. The largest absolute Gasteiger partial charge is 0.324 e. The molecule has 0 unspecified atom stereocenters. The van der Waals surface area contributed by atoms with Crippen molar-refractivity contribution in [2.75, 3.05) is 10.6 Å². The Balaban J connectivity index is 2.16. The average molecular weight is 331 g/mol. The van der Waals surface area contributed by atoms with Gasteiger partial charge >= 0.3 is 6.03 Å². The highest BCUT2D eigenvalue weighted by molar-refractivity contribution is 7.16. The van der Waals surface area contributed by atoms with Crippen LogP contribution >= 0.6 is 11.3 Å². The number of rotatable bonds is 3.